The Balaban J connectivity index is 1.47. The van der Waals surface area contributed by atoms with Gasteiger partial charge in [-0.3, -0.25) is 0 Å². The number of benzene rings is 3. The summed E-state index contributed by atoms with van der Waals surface area (Å²) < 4.78 is 12.4. The topological polar surface area (TPSA) is 18.5 Å². The molecule has 0 radical (unpaired) electrons. The van der Waals surface area contributed by atoms with E-state index in [9.17, 15) is 0 Å². The lowest BCUT2D eigenvalue weighted by Gasteiger charge is -2.17. The van der Waals surface area contributed by atoms with Crippen LogP contribution in [-0.2, 0) is 6.42 Å². The zero-order valence-electron chi connectivity index (χ0n) is 15.6. The van der Waals surface area contributed by atoms with Crippen LogP contribution in [0, 0.1) is 0 Å². The maximum absolute atomic E-state index is 5.70. The smallest absolute Gasteiger partial charge is 0.231 e. The first kappa shape index (κ1) is 16.4. The van der Waals surface area contributed by atoms with Gasteiger partial charge in [-0.1, -0.05) is 54.1 Å². The Morgan fingerprint density at radius 3 is 2.32 bits per heavy atom. The highest BCUT2D eigenvalue weighted by Crippen LogP contribution is 2.53. The van der Waals surface area contributed by atoms with E-state index < -0.39 is 0 Å². The summed E-state index contributed by atoms with van der Waals surface area (Å²) in [4.78, 5) is 0. The van der Waals surface area contributed by atoms with Gasteiger partial charge >= 0.3 is 0 Å². The number of rotatable bonds is 2. The Morgan fingerprint density at radius 1 is 0.929 bits per heavy atom. The first-order valence-electron chi connectivity index (χ1n) is 9.70. The van der Waals surface area contributed by atoms with Crippen LogP contribution in [0.5, 0.6) is 11.5 Å². The van der Waals surface area contributed by atoms with Gasteiger partial charge in [-0.05, 0) is 80.7 Å². The van der Waals surface area contributed by atoms with Gasteiger partial charge in [0.25, 0.3) is 0 Å². The van der Waals surface area contributed by atoms with Crippen LogP contribution >= 0.6 is 15.9 Å². The molecule has 1 heterocycles. The minimum Gasteiger partial charge on any atom is -0.454 e. The number of fused-ring (bicyclic) bond motifs is 5. The van der Waals surface area contributed by atoms with E-state index in [4.69, 9.17) is 9.47 Å². The summed E-state index contributed by atoms with van der Waals surface area (Å²) in [6.45, 7) is 2.57. The highest BCUT2D eigenvalue weighted by Gasteiger charge is 2.33. The van der Waals surface area contributed by atoms with Gasteiger partial charge in [0.2, 0.25) is 6.79 Å². The molecule has 3 aromatic carbocycles. The predicted octanol–water partition coefficient (Wildman–Crippen LogP) is 6.71. The molecule has 6 rings (SSSR count). The van der Waals surface area contributed by atoms with E-state index in [0.717, 1.165) is 28.8 Å². The second kappa shape index (κ2) is 5.99. The summed E-state index contributed by atoms with van der Waals surface area (Å²) in [5, 5.41) is 0. The van der Waals surface area contributed by atoms with Gasteiger partial charge in [-0.2, -0.15) is 0 Å². The molecule has 3 aromatic rings. The summed E-state index contributed by atoms with van der Waals surface area (Å²) in [6.07, 6.45) is 1.98. The third-order valence-corrected chi connectivity index (χ3v) is 7.20. The molecule has 1 aliphatic heterocycles. The number of allylic oxidation sites excluding steroid dienone is 2. The number of ether oxygens (including phenoxy) is 2. The Hall–Kier alpha value is -2.52. The second-order valence-electron chi connectivity index (χ2n) is 7.82. The molecule has 0 aromatic heterocycles. The van der Waals surface area contributed by atoms with Gasteiger partial charge in [0.1, 0.15) is 0 Å². The monoisotopic (exact) mass is 430 g/mol. The van der Waals surface area contributed by atoms with Crippen molar-refractivity contribution in [3.63, 3.8) is 0 Å². The van der Waals surface area contributed by atoms with Crippen molar-refractivity contribution in [3.8, 4) is 22.6 Å². The van der Waals surface area contributed by atoms with E-state index in [2.05, 4.69) is 77.5 Å². The average molecular weight is 431 g/mol. The predicted molar refractivity (Wildman–Crippen MR) is 115 cm³/mol. The van der Waals surface area contributed by atoms with Gasteiger partial charge in [0.15, 0.2) is 11.5 Å². The summed E-state index contributed by atoms with van der Waals surface area (Å²) in [5.74, 6) is 2.10. The molecule has 2 aliphatic carbocycles. The number of halogens is 1. The number of hydrogen-bond donors (Lipinski definition) is 0. The molecule has 0 N–H and O–H groups in total. The molecule has 3 heteroatoms. The van der Waals surface area contributed by atoms with Crippen molar-refractivity contribution in [2.75, 3.05) is 6.79 Å². The largest absolute Gasteiger partial charge is 0.454 e. The zero-order valence-corrected chi connectivity index (χ0v) is 17.2. The first-order chi connectivity index (χ1) is 13.7. The highest BCUT2D eigenvalue weighted by molar-refractivity contribution is 9.10. The molecule has 2 nitrogen and oxygen atoms in total. The molecule has 0 fully saturated rings. The van der Waals surface area contributed by atoms with Gasteiger partial charge < -0.3 is 9.47 Å². The minimum atomic E-state index is 0.304. The van der Waals surface area contributed by atoms with Crippen molar-refractivity contribution >= 4 is 21.5 Å². The molecule has 138 valence electrons. The lowest BCUT2D eigenvalue weighted by atomic mass is 9.87. The van der Waals surface area contributed by atoms with E-state index in [0.29, 0.717) is 12.7 Å². The standard InChI is InChI=1S/C25H19BrO2/c1-14-10-22-21(12-23-25(24(22)26)28-13-27-23)19(14)11-20-17-8-4-2-6-15(17)16-7-3-5-9-18(16)20/h2-9,12,20H,10-11,13H2,1H3. The van der Waals surface area contributed by atoms with Crippen LogP contribution in [-0.4, -0.2) is 6.79 Å². The summed E-state index contributed by atoms with van der Waals surface area (Å²) in [7, 11) is 0. The van der Waals surface area contributed by atoms with E-state index in [1.54, 1.807) is 0 Å². The molecular formula is C25H19BrO2. The normalized spacial score (nSPS) is 16.4. The maximum Gasteiger partial charge on any atom is 0.231 e. The summed E-state index contributed by atoms with van der Waals surface area (Å²) in [5.41, 5.74) is 11.2. The fourth-order valence-corrected chi connectivity index (χ4v) is 5.72. The molecule has 28 heavy (non-hydrogen) atoms. The van der Waals surface area contributed by atoms with Crippen molar-refractivity contribution in [2.24, 2.45) is 0 Å². The van der Waals surface area contributed by atoms with E-state index in [-0.39, 0.29) is 0 Å². The lowest BCUT2D eigenvalue weighted by Crippen LogP contribution is -1.99. The van der Waals surface area contributed by atoms with Crippen LogP contribution in [0.4, 0.5) is 0 Å². The van der Waals surface area contributed by atoms with Crippen LogP contribution in [0.15, 0.2) is 64.6 Å². The molecule has 0 bridgehead atoms. The van der Waals surface area contributed by atoms with Crippen LogP contribution in [0.3, 0.4) is 0 Å². The third-order valence-electron chi connectivity index (χ3n) is 6.36. The van der Waals surface area contributed by atoms with Crippen LogP contribution in [0.2, 0.25) is 0 Å². The molecule has 0 amide bonds. The minimum absolute atomic E-state index is 0.304. The van der Waals surface area contributed by atoms with Crippen LogP contribution < -0.4 is 9.47 Å². The fraction of sp³-hybridized carbons (Fsp3) is 0.200. The molecule has 0 spiro atoms. The molecule has 0 saturated heterocycles. The number of hydrogen-bond acceptors (Lipinski definition) is 2. The van der Waals surface area contributed by atoms with E-state index >= 15 is 0 Å². The van der Waals surface area contributed by atoms with Crippen molar-refractivity contribution in [1.82, 2.24) is 0 Å². The SMILES string of the molecule is CC1=C(CC2c3ccccc3-c3ccccc32)c2cc3c(c(Br)c2C1)OCO3. The van der Waals surface area contributed by atoms with Crippen molar-refractivity contribution in [3.05, 3.63) is 86.9 Å². The Labute approximate surface area is 172 Å². The average Bonchev–Trinajstić information content (AvgIpc) is 3.39. The third kappa shape index (κ3) is 2.20. The molecule has 0 atom stereocenters. The summed E-state index contributed by atoms with van der Waals surface area (Å²) in [6, 6.07) is 19.9. The molecule has 0 unspecified atom stereocenters. The molecular weight excluding hydrogens is 412 g/mol. The lowest BCUT2D eigenvalue weighted by molar-refractivity contribution is 0.173. The maximum atomic E-state index is 5.70. The van der Waals surface area contributed by atoms with Crippen LogP contribution in [0.1, 0.15) is 41.5 Å². The van der Waals surface area contributed by atoms with Gasteiger partial charge in [-0.15, -0.1) is 0 Å². The quantitative estimate of drug-likeness (QED) is 0.449. The highest BCUT2D eigenvalue weighted by atomic mass is 79.9. The van der Waals surface area contributed by atoms with Gasteiger partial charge in [0, 0.05) is 5.92 Å². The summed E-state index contributed by atoms with van der Waals surface area (Å²) >= 11 is 3.77. The zero-order chi connectivity index (χ0) is 18.8. The van der Waals surface area contributed by atoms with Crippen molar-refractivity contribution < 1.29 is 9.47 Å². The van der Waals surface area contributed by atoms with Crippen LogP contribution in [0.25, 0.3) is 16.7 Å². The Bertz CT molecular complexity index is 1130. The van der Waals surface area contributed by atoms with Gasteiger partial charge in [-0.25, -0.2) is 0 Å². The Morgan fingerprint density at radius 2 is 1.61 bits per heavy atom. The Kier molecular flexibility index (Phi) is 3.51. The van der Waals surface area contributed by atoms with Crippen molar-refractivity contribution in [2.45, 2.75) is 25.7 Å². The second-order valence-corrected chi connectivity index (χ2v) is 8.61. The van der Waals surface area contributed by atoms with E-state index in [1.807, 2.05) is 0 Å². The van der Waals surface area contributed by atoms with E-state index in [1.165, 1.54) is 44.5 Å². The fourth-order valence-electron chi connectivity index (χ4n) is 5.05. The van der Waals surface area contributed by atoms with Gasteiger partial charge in [0.05, 0.1) is 4.47 Å². The molecule has 0 saturated carbocycles. The first-order valence-corrected chi connectivity index (χ1v) is 10.5. The van der Waals surface area contributed by atoms with Crippen molar-refractivity contribution in [1.29, 1.82) is 0 Å². The molecule has 3 aliphatic rings.